The van der Waals surface area contributed by atoms with Crippen LogP contribution in [0.25, 0.3) is 0 Å². The van der Waals surface area contributed by atoms with Gasteiger partial charge in [-0.3, -0.25) is 4.99 Å². The van der Waals surface area contributed by atoms with E-state index in [0.717, 1.165) is 45.4 Å². The molecule has 3 atom stereocenters. The van der Waals surface area contributed by atoms with Gasteiger partial charge in [0.1, 0.15) is 6.10 Å². The first-order valence-electron chi connectivity index (χ1n) is 8.63. The lowest BCUT2D eigenvalue weighted by molar-refractivity contribution is -0.221. The Kier molecular flexibility index (Phi) is 14.1. The minimum atomic E-state index is -0.656. The number of guanidine groups is 1. The third kappa shape index (κ3) is 12.2. The molecule has 1 aliphatic rings. The van der Waals surface area contributed by atoms with E-state index >= 15 is 0 Å². The molecule has 138 valence electrons. The summed E-state index contributed by atoms with van der Waals surface area (Å²) in [6, 6.07) is 0. The summed E-state index contributed by atoms with van der Waals surface area (Å²) in [5, 5.41) is 9.45. The van der Waals surface area contributed by atoms with E-state index in [1.54, 1.807) is 0 Å². The highest BCUT2D eigenvalue weighted by Crippen LogP contribution is 2.21. The number of aliphatic imine (C=N–C) groups is 1. The standard InChI is InChI=1S/C12H24O4.C4H11N3/c1-3-7-14-9-11-10(15-8-4-2)5-6-12(13)16-11;1-2-3-7-4(5)6/h10-13H,3-9H2,1-2H3;2-3H2,1H3,(H4,5,6,7). The molecule has 1 saturated heterocycles. The quantitative estimate of drug-likeness (QED) is 0.334. The van der Waals surface area contributed by atoms with E-state index < -0.39 is 6.29 Å². The molecule has 7 nitrogen and oxygen atoms in total. The fourth-order valence-electron chi connectivity index (χ4n) is 2.04. The van der Waals surface area contributed by atoms with Crippen LogP contribution >= 0.6 is 0 Å². The Morgan fingerprint density at radius 1 is 1.13 bits per heavy atom. The fraction of sp³-hybridized carbons (Fsp3) is 0.938. The molecule has 0 saturated carbocycles. The van der Waals surface area contributed by atoms with Gasteiger partial charge in [0.2, 0.25) is 0 Å². The molecule has 5 N–H and O–H groups in total. The van der Waals surface area contributed by atoms with Gasteiger partial charge in [0.25, 0.3) is 0 Å². The van der Waals surface area contributed by atoms with E-state index in [1.165, 1.54) is 0 Å². The van der Waals surface area contributed by atoms with Gasteiger partial charge >= 0.3 is 0 Å². The average molecular weight is 333 g/mol. The summed E-state index contributed by atoms with van der Waals surface area (Å²) in [5.74, 6) is 0.182. The summed E-state index contributed by atoms with van der Waals surface area (Å²) in [4.78, 5) is 3.72. The Morgan fingerprint density at radius 3 is 2.35 bits per heavy atom. The number of aliphatic hydroxyl groups is 1. The van der Waals surface area contributed by atoms with Crippen LogP contribution in [0, 0.1) is 0 Å². The molecule has 1 fully saturated rings. The topological polar surface area (TPSA) is 112 Å². The lowest BCUT2D eigenvalue weighted by atomic mass is 10.1. The number of ether oxygens (including phenoxy) is 3. The van der Waals surface area contributed by atoms with E-state index in [2.05, 4.69) is 18.8 Å². The smallest absolute Gasteiger partial charge is 0.185 e. The van der Waals surface area contributed by atoms with Gasteiger partial charge in [0.15, 0.2) is 12.2 Å². The van der Waals surface area contributed by atoms with Gasteiger partial charge in [-0.1, -0.05) is 20.8 Å². The first-order valence-corrected chi connectivity index (χ1v) is 8.63. The van der Waals surface area contributed by atoms with Crippen molar-refractivity contribution in [2.75, 3.05) is 26.4 Å². The highest BCUT2D eigenvalue weighted by molar-refractivity contribution is 5.75. The van der Waals surface area contributed by atoms with Gasteiger partial charge in [0.05, 0.1) is 12.7 Å². The maximum absolute atomic E-state index is 9.45. The van der Waals surface area contributed by atoms with Gasteiger partial charge in [0, 0.05) is 26.2 Å². The highest BCUT2D eigenvalue weighted by Gasteiger charge is 2.30. The van der Waals surface area contributed by atoms with Crippen LogP contribution in [-0.4, -0.2) is 55.9 Å². The Bertz CT molecular complexity index is 297. The number of hydrogen-bond acceptors (Lipinski definition) is 5. The van der Waals surface area contributed by atoms with Crippen molar-refractivity contribution in [2.45, 2.75) is 71.4 Å². The van der Waals surface area contributed by atoms with E-state index in [0.29, 0.717) is 13.0 Å². The van der Waals surface area contributed by atoms with Gasteiger partial charge in [-0.15, -0.1) is 0 Å². The van der Waals surface area contributed by atoms with Crippen LogP contribution in [0.2, 0.25) is 0 Å². The Labute approximate surface area is 140 Å². The largest absolute Gasteiger partial charge is 0.379 e. The first-order chi connectivity index (χ1) is 11.0. The zero-order valence-corrected chi connectivity index (χ0v) is 14.9. The van der Waals surface area contributed by atoms with Crippen LogP contribution in [0.15, 0.2) is 4.99 Å². The maximum atomic E-state index is 9.45. The minimum absolute atomic E-state index is 0.0696. The molecule has 0 aliphatic carbocycles. The summed E-state index contributed by atoms with van der Waals surface area (Å²) in [6.07, 6.45) is 3.79. The SMILES string of the molecule is CCCN=C(N)N.CCCOCC1OC(O)CCC1OCCC. The van der Waals surface area contributed by atoms with Crippen molar-refractivity contribution in [3.8, 4) is 0 Å². The summed E-state index contributed by atoms with van der Waals surface area (Å²) >= 11 is 0. The van der Waals surface area contributed by atoms with Crippen molar-refractivity contribution in [3.05, 3.63) is 0 Å². The lowest BCUT2D eigenvalue weighted by Gasteiger charge is -2.34. The lowest BCUT2D eigenvalue weighted by Crippen LogP contribution is -2.43. The Morgan fingerprint density at radius 2 is 1.83 bits per heavy atom. The second-order valence-corrected chi connectivity index (χ2v) is 5.50. The van der Waals surface area contributed by atoms with Crippen LogP contribution in [0.4, 0.5) is 0 Å². The molecule has 0 amide bonds. The molecule has 0 radical (unpaired) electrons. The van der Waals surface area contributed by atoms with E-state index in [4.69, 9.17) is 25.7 Å². The molecule has 1 rings (SSSR count). The third-order valence-electron chi connectivity index (χ3n) is 3.13. The zero-order chi connectivity index (χ0) is 17.5. The molecule has 0 bridgehead atoms. The van der Waals surface area contributed by atoms with Crippen molar-refractivity contribution in [1.82, 2.24) is 0 Å². The molecule has 1 heterocycles. The van der Waals surface area contributed by atoms with Crippen molar-refractivity contribution in [2.24, 2.45) is 16.5 Å². The van der Waals surface area contributed by atoms with Gasteiger partial charge in [-0.2, -0.15) is 0 Å². The molecule has 23 heavy (non-hydrogen) atoms. The summed E-state index contributed by atoms with van der Waals surface area (Å²) in [6.45, 7) is 8.90. The highest BCUT2D eigenvalue weighted by atomic mass is 16.6. The minimum Gasteiger partial charge on any atom is -0.379 e. The molecule has 1 aliphatic heterocycles. The van der Waals surface area contributed by atoms with Crippen LogP contribution in [0.5, 0.6) is 0 Å². The fourth-order valence-corrected chi connectivity index (χ4v) is 2.04. The summed E-state index contributed by atoms with van der Waals surface area (Å²) in [7, 11) is 0. The van der Waals surface area contributed by atoms with Crippen LogP contribution in [-0.2, 0) is 14.2 Å². The predicted octanol–water partition coefficient (Wildman–Crippen LogP) is 1.38. The Hall–Kier alpha value is -0.890. The number of hydrogen-bond donors (Lipinski definition) is 3. The molecular formula is C16H35N3O4. The predicted molar refractivity (Wildman–Crippen MR) is 92.2 cm³/mol. The first kappa shape index (κ1) is 22.1. The number of nitrogens with two attached hydrogens (primary N) is 2. The summed E-state index contributed by atoms with van der Waals surface area (Å²) in [5.41, 5.74) is 10.0. The average Bonchev–Trinajstić information content (AvgIpc) is 2.53. The molecule has 3 unspecified atom stereocenters. The zero-order valence-electron chi connectivity index (χ0n) is 14.9. The molecule has 0 aromatic heterocycles. The molecule has 0 aromatic carbocycles. The normalized spacial score (nSPS) is 23.7. The van der Waals surface area contributed by atoms with E-state index in [9.17, 15) is 5.11 Å². The number of nitrogens with zero attached hydrogens (tertiary/aromatic N) is 1. The second-order valence-electron chi connectivity index (χ2n) is 5.50. The van der Waals surface area contributed by atoms with Crippen molar-refractivity contribution >= 4 is 5.96 Å². The third-order valence-corrected chi connectivity index (χ3v) is 3.13. The molecular weight excluding hydrogens is 298 g/mol. The van der Waals surface area contributed by atoms with Crippen LogP contribution in [0.1, 0.15) is 52.9 Å². The maximum Gasteiger partial charge on any atom is 0.185 e. The van der Waals surface area contributed by atoms with Crippen molar-refractivity contribution in [1.29, 1.82) is 0 Å². The van der Waals surface area contributed by atoms with Gasteiger partial charge in [-0.05, 0) is 25.7 Å². The van der Waals surface area contributed by atoms with E-state index in [-0.39, 0.29) is 18.2 Å². The molecule has 0 aromatic rings. The number of rotatable bonds is 9. The van der Waals surface area contributed by atoms with E-state index in [1.807, 2.05) is 6.92 Å². The van der Waals surface area contributed by atoms with Crippen molar-refractivity contribution in [3.63, 3.8) is 0 Å². The molecule has 0 spiro atoms. The molecule has 7 heteroatoms. The van der Waals surface area contributed by atoms with Crippen LogP contribution in [0.3, 0.4) is 0 Å². The van der Waals surface area contributed by atoms with Gasteiger partial charge < -0.3 is 30.8 Å². The van der Waals surface area contributed by atoms with Gasteiger partial charge in [-0.25, -0.2) is 0 Å². The summed E-state index contributed by atoms with van der Waals surface area (Å²) < 4.78 is 16.6. The van der Waals surface area contributed by atoms with Crippen LogP contribution < -0.4 is 11.5 Å². The monoisotopic (exact) mass is 333 g/mol. The van der Waals surface area contributed by atoms with Crippen molar-refractivity contribution < 1.29 is 19.3 Å². The Balaban J connectivity index is 0.000000585. The second kappa shape index (κ2) is 14.7. The number of aliphatic hydroxyl groups excluding tert-OH is 1.